The number of rotatable bonds is 5. The van der Waals surface area contributed by atoms with E-state index in [2.05, 4.69) is 0 Å². The molecule has 0 spiro atoms. The lowest BCUT2D eigenvalue weighted by Crippen LogP contribution is -2.37. The fourth-order valence-corrected chi connectivity index (χ4v) is 5.12. The third-order valence-corrected chi connectivity index (χ3v) is 6.98. The van der Waals surface area contributed by atoms with Gasteiger partial charge >= 0.3 is 5.97 Å². The molecule has 2 fully saturated rings. The number of halogens is 1. The molecule has 7 nitrogen and oxygen atoms in total. The highest BCUT2D eigenvalue weighted by Crippen LogP contribution is 2.48. The Labute approximate surface area is 223 Å². The molecule has 2 aliphatic rings. The number of ether oxygens (including phenoxy) is 1. The van der Waals surface area contributed by atoms with E-state index in [1.165, 1.54) is 0 Å². The van der Waals surface area contributed by atoms with Gasteiger partial charge in [0.1, 0.15) is 11.7 Å². The molecule has 2 amide bonds. The Hall–Kier alpha value is -4.46. The van der Waals surface area contributed by atoms with Crippen LogP contribution in [0.1, 0.15) is 22.0 Å². The van der Waals surface area contributed by atoms with Crippen LogP contribution < -0.4 is 14.7 Å². The smallest absolute Gasteiger partial charge is 0.343 e. The molecule has 3 atom stereocenters. The number of para-hydroxylation sites is 2. The van der Waals surface area contributed by atoms with Crippen LogP contribution in [0.15, 0.2) is 109 Å². The Bertz CT molecular complexity index is 1510. The first kappa shape index (κ1) is 23.9. The van der Waals surface area contributed by atoms with Crippen LogP contribution in [-0.4, -0.2) is 23.9 Å². The second-order valence-electron chi connectivity index (χ2n) is 8.95. The number of hydroxylamine groups is 1. The van der Waals surface area contributed by atoms with Crippen LogP contribution in [-0.2, 0) is 14.4 Å². The molecule has 6 rings (SSSR count). The van der Waals surface area contributed by atoms with Gasteiger partial charge in [-0.1, -0.05) is 72.3 Å². The van der Waals surface area contributed by atoms with E-state index in [1.54, 1.807) is 77.9 Å². The van der Waals surface area contributed by atoms with E-state index < -0.39 is 35.8 Å². The highest BCUT2D eigenvalue weighted by molar-refractivity contribution is 6.36. The van der Waals surface area contributed by atoms with Crippen LogP contribution in [0.25, 0.3) is 0 Å². The number of benzene rings is 4. The fourth-order valence-electron chi connectivity index (χ4n) is 4.90. The van der Waals surface area contributed by atoms with Gasteiger partial charge in [0, 0.05) is 0 Å². The van der Waals surface area contributed by atoms with Crippen molar-refractivity contribution < 1.29 is 24.0 Å². The van der Waals surface area contributed by atoms with Crippen molar-refractivity contribution in [3.8, 4) is 5.75 Å². The Kier molecular flexibility index (Phi) is 6.15. The topological polar surface area (TPSA) is 76.2 Å². The molecule has 0 unspecified atom stereocenters. The molecular weight excluding hydrogens is 504 g/mol. The summed E-state index contributed by atoms with van der Waals surface area (Å²) in [5.41, 5.74) is 2.20. The van der Waals surface area contributed by atoms with E-state index in [0.29, 0.717) is 27.7 Å². The average molecular weight is 525 g/mol. The number of nitrogens with zero attached hydrogens (tertiary/aromatic N) is 2. The van der Waals surface area contributed by atoms with Crippen molar-refractivity contribution in [2.24, 2.45) is 5.92 Å². The normalized spacial score (nSPS) is 20.5. The summed E-state index contributed by atoms with van der Waals surface area (Å²) in [5.74, 6) is -1.78. The Morgan fingerprint density at radius 2 is 1.39 bits per heavy atom. The number of hydrogen-bond donors (Lipinski definition) is 0. The molecule has 0 aliphatic carbocycles. The van der Waals surface area contributed by atoms with E-state index in [1.807, 2.05) is 36.4 Å². The average Bonchev–Trinajstić information content (AvgIpc) is 3.46. The number of fused-ring (bicyclic) bond motifs is 1. The van der Waals surface area contributed by atoms with Crippen LogP contribution in [0.3, 0.4) is 0 Å². The minimum absolute atomic E-state index is 0.301. The van der Waals surface area contributed by atoms with E-state index in [-0.39, 0.29) is 0 Å². The van der Waals surface area contributed by atoms with Crippen LogP contribution in [0.5, 0.6) is 5.75 Å². The van der Waals surface area contributed by atoms with Crippen LogP contribution in [0.2, 0.25) is 5.02 Å². The highest BCUT2D eigenvalue weighted by Gasteiger charge is 2.60. The molecule has 8 heteroatoms. The van der Waals surface area contributed by atoms with Crippen molar-refractivity contribution in [1.29, 1.82) is 0 Å². The Balaban J connectivity index is 1.34. The second-order valence-corrected chi connectivity index (χ2v) is 9.35. The number of amides is 2. The summed E-state index contributed by atoms with van der Waals surface area (Å²) in [4.78, 5) is 46.9. The monoisotopic (exact) mass is 524 g/mol. The lowest BCUT2D eigenvalue weighted by Gasteiger charge is -2.29. The molecule has 0 saturated carbocycles. The summed E-state index contributed by atoms with van der Waals surface area (Å²) in [6.07, 6.45) is -1.01. The number of anilines is 2. The summed E-state index contributed by atoms with van der Waals surface area (Å²) < 4.78 is 5.51. The summed E-state index contributed by atoms with van der Waals surface area (Å²) in [5, 5.41) is 1.91. The molecular formula is C30H21ClN2O5. The van der Waals surface area contributed by atoms with Crippen molar-refractivity contribution in [1.82, 2.24) is 0 Å². The number of carbonyl (C=O) groups excluding carboxylic acids is 3. The lowest BCUT2D eigenvalue weighted by molar-refractivity contribution is -0.126. The summed E-state index contributed by atoms with van der Waals surface area (Å²) in [7, 11) is 0. The number of imide groups is 1. The third-order valence-electron chi connectivity index (χ3n) is 6.66. The first-order chi connectivity index (χ1) is 18.5. The molecule has 0 radical (unpaired) electrons. The summed E-state index contributed by atoms with van der Waals surface area (Å²) in [6.45, 7) is 0. The first-order valence-corrected chi connectivity index (χ1v) is 12.4. The maximum absolute atomic E-state index is 13.8. The number of esters is 1. The van der Waals surface area contributed by atoms with Gasteiger partial charge in [-0.2, -0.15) is 0 Å². The maximum atomic E-state index is 13.8. The van der Waals surface area contributed by atoms with Crippen LogP contribution in [0.4, 0.5) is 11.4 Å². The predicted molar refractivity (Wildman–Crippen MR) is 142 cm³/mol. The zero-order valence-electron chi connectivity index (χ0n) is 19.9. The SMILES string of the molecule is O=C(Oc1ccc([C@@H]2[C@H]3C(=O)N(c4ccccc4Cl)C(=O)[C@H]3ON2c2ccccc2)cc1)c1ccccc1. The maximum Gasteiger partial charge on any atom is 0.343 e. The van der Waals surface area contributed by atoms with Gasteiger partial charge in [0.25, 0.3) is 5.91 Å². The van der Waals surface area contributed by atoms with E-state index in [4.69, 9.17) is 21.2 Å². The Morgan fingerprint density at radius 1 is 0.763 bits per heavy atom. The van der Waals surface area contributed by atoms with Crippen LogP contribution in [0, 0.1) is 5.92 Å². The molecule has 0 bridgehead atoms. The summed E-state index contributed by atoms with van der Waals surface area (Å²) >= 11 is 6.33. The Morgan fingerprint density at radius 3 is 2.08 bits per heavy atom. The van der Waals surface area contributed by atoms with Crippen LogP contribution >= 0.6 is 11.6 Å². The van der Waals surface area contributed by atoms with Gasteiger partial charge < -0.3 is 4.74 Å². The molecule has 0 N–H and O–H groups in total. The molecule has 4 aromatic rings. The molecule has 2 heterocycles. The number of carbonyl (C=O) groups is 3. The van der Waals surface area contributed by atoms with Gasteiger partial charge in [0.2, 0.25) is 5.91 Å². The minimum atomic E-state index is -1.01. The molecule has 0 aromatic heterocycles. The lowest BCUT2D eigenvalue weighted by atomic mass is 9.90. The van der Waals surface area contributed by atoms with Gasteiger partial charge in [-0.15, -0.1) is 0 Å². The third kappa shape index (κ3) is 4.12. The largest absolute Gasteiger partial charge is 0.423 e. The van der Waals surface area contributed by atoms with Crippen molar-refractivity contribution in [2.45, 2.75) is 12.1 Å². The quantitative estimate of drug-likeness (QED) is 0.192. The van der Waals surface area contributed by atoms with Crippen molar-refractivity contribution in [3.63, 3.8) is 0 Å². The summed E-state index contributed by atoms with van der Waals surface area (Å²) in [6, 6.07) is 31.0. The van der Waals surface area contributed by atoms with E-state index >= 15 is 0 Å². The fraction of sp³-hybridized carbons (Fsp3) is 0.100. The minimum Gasteiger partial charge on any atom is -0.423 e. The molecule has 38 heavy (non-hydrogen) atoms. The highest BCUT2D eigenvalue weighted by atomic mass is 35.5. The van der Waals surface area contributed by atoms with Gasteiger partial charge in [-0.3, -0.25) is 14.4 Å². The molecule has 188 valence electrons. The van der Waals surface area contributed by atoms with Gasteiger partial charge in [0.05, 0.1) is 28.0 Å². The zero-order chi connectivity index (χ0) is 26.2. The number of hydrogen-bond acceptors (Lipinski definition) is 6. The second kappa shape index (κ2) is 9.78. The van der Waals surface area contributed by atoms with Gasteiger partial charge in [-0.25, -0.2) is 14.8 Å². The van der Waals surface area contributed by atoms with Crippen molar-refractivity contribution in [3.05, 3.63) is 125 Å². The zero-order valence-corrected chi connectivity index (χ0v) is 20.7. The molecule has 4 aromatic carbocycles. The molecule has 2 aliphatic heterocycles. The molecule has 2 saturated heterocycles. The standard InChI is InChI=1S/C30H21ClN2O5/c31-23-13-7-8-14-24(23)32-28(34)25-26(33(38-27(25)29(32)35)21-11-5-2-6-12-21)19-15-17-22(18-16-19)37-30(36)20-9-3-1-4-10-20/h1-18,25-27H/t25-,26-,27+/m1/s1. The van der Waals surface area contributed by atoms with Crippen molar-refractivity contribution in [2.75, 3.05) is 9.96 Å². The van der Waals surface area contributed by atoms with Gasteiger partial charge in [0.15, 0.2) is 6.10 Å². The first-order valence-electron chi connectivity index (χ1n) is 12.0. The van der Waals surface area contributed by atoms with Crippen molar-refractivity contribution >= 4 is 40.8 Å². The van der Waals surface area contributed by atoms with E-state index in [0.717, 1.165) is 10.5 Å². The van der Waals surface area contributed by atoms with E-state index in [9.17, 15) is 14.4 Å². The predicted octanol–water partition coefficient (Wildman–Crippen LogP) is 5.61. The van der Waals surface area contributed by atoms with Gasteiger partial charge in [-0.05, 0) is 54.1 Å².